The van der Waals surface area contributed by atoms with E-state index in [9.17, 15) is 0 Å². The first-order chi connectivity index (χ1) is 5.43. The van der Waals surface area contributed by atoms with Crippen LogP contribution in [0.4, 0.5) is 0 Å². The summed E-state index contributed by atoms with van der Waals surface area (Å²) >= 11 is 0. The number of carbonyl (C=O) groups excluding carboxylic acids is 1. The molecule has 0 spiro atoms. The van der Waals surface area contributed by atoms with Gasteiger partial charge in [-0.25, -0.2) is 0 Å². The summed E-state index contributed by atoms with van der Waals surface area (Å²) in [6, 6.07) is 0. The van der Waals surface area contributed by atoms with Crippen LogP contribution in [0.25, 0.3) is 0 Å². The van der Waals surface area contributed by atoms with Crippen LogP contribution >= 0.6 is 0 Å². The summed E-state index contributed by atoms with van der Waals surface area (Å²) in [6.45, 7) is 2.00. The molecule has 64 valence electrons. The van der Waals surface area contributed by atoms with Crippen molar-refractivity contribution in [2.45, 2.75) is 32.1 Å². The van der Waals surface area contributed by atoms with E-state index in [1.165, 1.54) is 32.1 Å². The smallest absolute Gasteiger partial charge is 0.106 e. The summed E-state index contributed by atoms with van der Waals surface area (Å²) in [5, 5.41) is 11.2. The molecule has 0 aliphatic heterocycles. The van der Waals surface area contributed by atoms with E-state index in [1.54, 1.807) is 6.21 Å². The first-order valence-corrected chi connectivity index (χ1v) is 3.90. The highest BCUT2D eigenvalue weighted by Gasteiger charge is 2.10. The van der Waals surface area contributed by atoms with Gasteiger partial charge in [0, 0.05) is 6.21 Å². The molecule has 1 aliphatic carbocycles. The Hall–Kier alpha value is -0.860. The molecule has 1 fully saturated rings. The molecular formula is C8H15NO2. The molecule has 11 heavy (non-hydrogen) atoms. The molecule has 0 radical (unpaired) electrons. The zero-order valence-electron chi connectivity index (χ0n) is 6.70. The average molecular weight is 157 g/mol. The van der Waals surface area contributed by atoms with Gasteiger partial charge < -0.3 is 10.0 Å². The summed E-state index contributed by atoms with van der Waals surface area (Å²) in [6.07, 6.45) is 8.05. The van der Waals surface area contributed by atoms with Crippen LogP contribution in [-0.4, -0.2) is 18.2 Å². The van der Waals surface area contributed by atoms with Gasteiger partial charge in [0.25, 0.3) is 0 Å². The van der Waals surface area contributed by atoms with E-state index < -0.39 is 0 Å². The Morgan fingerprint density at radius 2 is 1.82 bits per heavy atom. The topological polar surface area (TPSA) is 49.7 Å². The molecule has 3 nitrogen and oxygen atoms in total. The molecule has 0 unspecified atom stereocenters. The lowest BCUT2D eigenvalue weighted by molar-refractivity contribution is -0.0979. The highest BCUT2D eigenvalue weighted by Crippen LogP contribution is 2.21. The van der Waals surface area contributed by atoms with E-state index in [4.69, 9.17) is 10.0 Å². The van der Waals surface area contributed by atoms with Gasteiger partial charge in [-0.05, 0) is 18.8 Å². The number of rotatable bonds is 1. The molecule has 0 saturated heterocycles. The van der Waals surface area contributed by atoms with Gasteiger partial charge in [-0.2, -0.15) is 0 Å². The number of hydrogen-bond donors (Lipinski definition) is 1. The molecule has 1 saturated carbocycles. The number of hydrogen-bond acceptors (Lipinski definition) is 3. The zero-order valence-corrected chi connectivity index (χ0v) is 6.70. The lowest BCUT2D eigenvalue weighted by Crippen LogP contribution is -2.06. The molecule has 1 N–H and O–H groups in total. The Kier molecular flexibility index (Phi) is 6.68. The minimum Gasteiger partial charge on any atom is -0.411 e. The van der Waals surface area contributed by atoms with Crippen molar-refractivity contribution in [3.63, 3.8) is 0 Å². The van der Waals surface area contributed by atoms with Crippen LogP contribution in [0.2, 0.25) is 0 Å². The largest absolute Gasteiger partial charge is 0.411 e. The molecule has 0 amide bonds. The van der Waals surface area contributed by atoms with Crippen LogP contribution in [-0.2, 0) is 4.79 Å². The molecule has 0 aromatic carbocycles. The highest BCUT2D eigenvalue weighted by atomic mass is 16.4. The lowest BCUT2D eigenvalue weighted by Gasteiger charge is -2.15. The van der Waals surface area contributed by atoms with Crippen LogP contribution in [0.1, 0.15) is 32.1 Å². The highest BCUT2D eigenvalue weighted by molar-refractivity contribution is 5.59. The number of oxime groups is 1. The summed E-state index contributed by atoms with van der Waals surface area (Å²) in [5.74, 6) is 0.559. The van der Waals surface area contributed by atoms with Crippen LogP contribution < -0.4 is 0 Å². The van der Waals surface area contributed by atoms with E-state index >= 15 is 0 Å². The molecule has 0 aromatic rings. The summed E-state index contributed by atoms with van der Waals surface area (Å²) in [7, 11) is 0. The lowest BCUT2D eigenvalue weighted by atomic mass is 9.90. The zero-order chi connectivity index (χ0) is 8.53. The van der Waals surface area contributed by atoms with Crippen molar-refractivity contribution < 1.29 is 10.0 Å². The predicted octanol–water partition coefficient (Wildman–Crippen LogP) is 1.84. The fraction of sp³-hybridized carbons (Fsp3) is 0.750. The third kappa shape index (κ3) is 4.53. The van der Waals surface area contributed by atoms with E-state index in [2.05, 4.69) is 5.16 Å². The van der Waals surface area contributed by atoms with Gasteiger partial charge in [-0.1, -0.05) is 19.3 Å². The first-order valence-electron chi connectivity index (χ1n) is 3.90. The van der Waals surface area contributed by atoms with Crippen molar-refractivity contribution in [1.29, 1.82) is 0 Å². The fourth-order valence-corrected chi connectivity index (χ4v) is 1.38. The Morgan fingerprint density at radius 3 is 2.27 bits per heavy atom. The third-order valence-electron chi connectivity index (χ3n) is 1.93. The molecule has 1 aliphatic rings. The molecule has 0 bridgehead atoms. The van der Waals surface area contributed by atoms with Crippen molar-refractivity contribution in [1.82, 2.24) is 0 Å². The van der Waals surface area contributed by atoms with Crippen LogP contribution in [0.5, 0.6) is 0 Å². The Labute approximate surface area is 67.1 Å². The molecule has 0 atom stereocenters. The van der Waals surface area contributed by atoms with Crippen molar-refractivity contribution in [3.8, 4) is 0 Å². The first kappa shape index (κ1) is 10.1. The van der Waals surface area contributed by atoms with Crippen LogP contribution in [0.15, 0.2) is 5.16 Å². The minimum atomic E-state index is 0.559. The third-order valence-corrected chi connectivity index (χ3v) is 1.93. The van der Waals surface area contributed by atoms with Crippen molar-refractivity contribution in [2.24, 2.45) is 11.1 Å². The quantitative estimate of drug-likeness (QED) is 0.358. The summed E-state index contributed by atoms with van der Waals surface area (Å²) < 4.78 is 0. The van der Waals surface area contributed by atoms with Gasteiger partial charge in [0.1, 0.15) is 6.79 Å². The van der Waals surface area contributed by atoms with Gasteiger partial charge in [0.2, 0.25) is 0 Å². The second kappa shape index (κ2) is 7.25. The normalized spacial score (nSPS) is 19.3. The van der Waals surface area contributed by atoms with Crippen LogP contribution in [0, 0.1) is 5.92 Å². The van der Waals surface area contributed by atoms with Crippen molar-refractivity contribution in [2.75, 3.05) is 0 Å². The van der Waals surface area contributed by atoms with E-state index in [0.717, 1.165) is 0 Å². The maximum absolute atomic E-state index is 8.19. The summed E-state index contributed by atoms with van der Waals surface area (Å²) in [4.78, 5) is 8.00. The SMILES string of the molecule is C=O.ON=CC1CCCCC1. The second-order valence-corrected chi connectivity index (χ2v) is 2.66. The van der Waals surface area contributed by atoms with Crippen LogP contribution in [0.3, 0.4) is 0 Å². The number of carbonyl (C=O) groups is 1. The molecule has 3 heteroatoms. The monoisotopic (exact) mass is 157 g/mol. The summed E-state index contributed by atoms with van der Waals surface area (Å²) in [5.41, 5.74) is 0. The molecule has 1 rings (SSSR count). The van der Waals surface area contributed by atoms with Gasteiger partial charge >= 0.3 is 0 Å². The van der Waals surface area contributed by atoms with E-state index in [0.29, 0.717) is 5.92 Å². The van der Waals surface area contributed by atoms with Crippen molar-refractivity contribution in [3.05, 3.63) is 0 Å². The van der Waals surface area contributed by atoms with Gasteiger partial charge in [-0.15, -0.1) is 5.16 Å². The minimum absolute atomic E-state index is 0.559. The molecule has 0 aromatic heterocycles. The maximum Gasteiger partial charge on any atom is 0.106 e. The Morgan fingerprint density at radius 1 is 1.27 bits per heavy atom. The van der Waals surface area contributed by atoms with E-state index in [1.807, 2.05) is 6.79 Å². The van der Waals surface area contributed by atoms with Gasteiger partial charge in [-0.3, -0.25) is 0 Å². The number of nitrogens with zero attached hydrogens (tertiary/aromatic N) is 1. The second-order valence-electron chi connectivity index (χ2n) is 2.66. The predicted molar refractivity (Wildman–Crippen MR) is 44.0 cm³/mol. The fourth-order valence-electron chi connectivity index (χ4n) is 1.38. The Balaban J connectivity index is 0.000000461. The standard InChI is InChI=1S/C7H13NO.CH2O/c9-8-6-7-4-2-1-3-5-7;1-2/h6-7,9H,1-5H2;1H2. The molecule has 0 heterocycles. The molecular weight excluding hydrogens is 142 g/mol. The van der Waals surface area contributed by atoms with Gasteiger partial charge in [0.05, 0.1) is 0 Å². The maximum atomic E-state index is 8.19. The van der Waals surface area contributed by atoms with Gasteiger partial charge in [0.15, 0.2) is 0 Å². The van der Waals surface area contributed by atoms with E-state index in [-0.39, 0.29) is 0 Å². The Bertz CT molecular complexity index is 109. The van der Waals surface area contributed by atoms with Crippen molar-refractivity contribution >= 4 is 13.0 Å². The average Bonchev–Trinajstić information content (AvgIpc) is 2.11.